The Labute approximate surface area is 141 Å². The highest BCUT2D eigenvalue weighted by atomic mass is 35.5. The van der Waals surface area contributed by atoms with Gasteiger partial charge in [-0.15, -0.1) is 0 Å². The standard InChI is InChI=1S/C15H14ClN7O/c1-8(2)23-13(16)11(6-18-23)20-15-12-10(5-17-22-12)19-14(21-15)9-3-4-24-7-9/h3-8H,1-2H3,(H,17,22)(H,19,20,21). The van der Waals surface area contributed by atoms with Crippen molar-refractivity contribution >= 4 is 34.1 Å². The van der Waals surface area contributed by atoms with Gasteiger partial charge in [-0.05, 0) is 19.9 Å². The van der Waals surface area contributed by atoms with Crippen molar-refractivity contribution in [3.63, 3.8) is 0 Å². The lowest BCUT2D eigenvalue weighted by molar-refractivity contribution is 0.533. The summed E-state index contributed by atoms with van der Waals surface area (Å²) in [7, 11) is 0. The summed E-state index contributed by atoms with van der Waals surface area (Å²) in [5.41, 5.74) is 2.83. The van der Waals surface area contributed by atoms with Crippen molar-refractivity contribution in [2.75, 3.05) is 5.32 Å². The lowest BCUT2D eigenvalue weighted by Gasteiger charge is -2.09. The number of rotatable bonds is 4. The Morgan fingerprint density at radius 1 is 1.29 bits per heavy atom. The minimum atomic E-state index is 0.159. The molecular formula is C15H14ClN7O. The summed E-state index contributed by atoms with van der Waals surface area (Å²) in [6.45, 7) is 4.02. The second-order valence-corrected chi connectivity index (χ2v) is 5.91. The molecule has 0 aromatic carbocycles. The van der Waals surface area contributed by atoms with Crippen LogP contribution in [0.15, 0.2) is 35.4 Å². The average molecular weight is 344 g/mol. The molecule has 9 heteroatoms. The highest BCUT2D eigenvalue weighted by Gasteiger charge is 2.16. The molecule has 0 bridgehead atoms. The number of hydrogen-bond donors (Lipinski definition) is 2. The largest absolute Gasteiger partial charge is 0.472 e. The Morgan fingerprint density at radius 2 is 2.17 bits per heavy atom. The van der Waals surface area contributed by atoms with Crippen LogP contribution in [0.4, 0.5) is 11.5 Å². The Morgan fingerprint density at radius 3 is 2.88 bits per heavy atom. The van der Waals surface area contributed by atoms with Crippen LogP contribution < -0.4 is 5.32 Å². The van der Waals surface area contributed by atoms with Gasteiger partial charge in [0.15, 0.2) is 16.8 Å². The third-order valence-corrected chi connectivity index (χ3v) is 3.93. The highest BCUT2D eigenvalue weighted by molar-refractivity contribution is 6.32. The van der Waals surface area contributed by atoms with E-state index in [1.54, 1.807) is 35.7 Å². The van der Waals surface area contributed by atoms with Crippen LogP contribution in [0.25, 0.3) is 22.4 Å². The molecule has 0 spiro atoms. The number of aromatic nitrogens is 6. The maximum absolute atomic E-state index is 6.39. The highest BCUT2D eigenvalue weighted by Crippen LogP contribution is 2.30. The summed E-state index contributed by atoms with van der Waals surface area (Å²) in [5.74, 6) is 1.10. The van der Waals surface area contributed by atoms with Crippen LogP contribution in [0.2, 0.25) is 5.15 Å². The van der Waals surface area contributed by atoms with E-state index in [2.05, 4.69) is 30.6 Å². The van der Waals surface area contributed by atoms with Gasteiger partial charge in [0.2, 0.25) is 0 Å². The van der Waals surface area contributed by atoms with Crippen molar-refractivity contribution in [1.29, 1.82) is 0 Å². The molecule has 0 atom stereocenters. The number of fused-ring (bicyclic) bond motifs is 1. The van der Waals surface area contributed by atoms with E-state index in [-0.39, 0.29) is 6.04 Å². The van der Waals surface area contributed by atoms with E-state index in [9.17, 15) is 0 Å². The Hall–Kier alpha value is -2.87. The van der Waals surface area contributed by atoms with Gasteiger partial charge in [-0.25, -0.2) is 14.6 Å². The third-order valence-electron chi connectivity index (χ3n) is 3.56. The maximum Gasteiger partial charge on any atom is 0.165 e. The SMILES string of the molecule is CC(C)n1ncc(Nc2nc(-c3ccoc3)nc3cn[nH]c23)c1Cl. The first-order valence-electron chi connectivity index (χ1n) is 7.37. The Kier molecular flexibility index (Phi) is 3.46. The molecule has 4 heterocycles. The predicted octanol–water partition coefficient (Wildman–Crippen LogP) is 3.79. The van der Waals surface area contributed by atoms with Gasteiger partial charge in [0.05, 0.1) is 29.9 Å². The summed E-state index contributed by atoms with van der Waals surface area (Å²) < 4.78 is 6.84. The van der Waals surface area contributed by atoms with Crippen LogP contribution >= 0.6 is 11.6 Å². The zero-order chi connectivity index (χ0) is 16.7. The van der Waals surface area contributed by atoms with Crippen LogP contribution in [-0.2, 0) is 0 Å². The van der Waals surface area contributed by atoms with E-state index in [0.717, 1.165) is 5.56 Å². The minimum absolute atomic E-state index is 0.159. The molecule has 4 aromatic heterocycles. The summed E-state index contributed by atoms with van der Waals surface area (Å²) in [4.78, 5) is 9.03. The van der Waals surface area contributed by atoms with Crippen LogP contribution in [-0.4, -0.2) is 29.9 Å². The van der Waals surface area contributed by atoms with E-state index in [1.807, 2.05) is 13.8 Å². The molecular weight excluding hydrogens is 330 g/mol. The number of nitrogens with one attached hydrogen (secondary N) is 2. The van der Waals surface area contributed by atoms with Crippen molar-refractivity contribution in [2.45, 2.75) is 19.9 Å². The van der Waals surface area contributed by atoms with Gasteiger partial charge in [-0.3, -0.25) is 5.10 Å². The molecule has 2 N–H and O–H groups in total. The van der Waals surface area contributed by atoms with Crippen molar-refractivity contribution < 1.29 is 4.42 Å². The number of nitrogens with zero attached hydrogens (tertiary/aromatic N) is 5. The normalized spacial score (nSPS) is 11.5. The molecule has 0 aliphatic rings. The number of hydrogen-bond acceptors (Lipinski definition) is 6. The summed E-state index contributed by atoms with van der Waals surface area (Å²) in [5, 5.41) is 15.0. The number of aromatic amines is 1. The number of halogens is 1. The lowest BCUT2D eigenvalue weighted by Crippen LogP contribution is -2.03. The summed E-state index contributed by atoms with van der Waals surface area (Å²) in [6, 6.07) is 1.96. The molecule has 4 aromatic rings. The second-order valence-electron chi connectivity index (χ2n) is 5.55. The number of H-pyrrole nitrogens is 1. The van der Waals surface area contributed by atoms with Crippen LogP contribution in [0, 0.1) is 0 Å². The first kappa shape index (κ1) is 14.7. The van der Waals surface area contributed by atoms with Gasteiger partial charge in [0.25, 0.3) is 0 Å². The lowest BCUT2D eigenvalue weighted by atomic mass is 10.3. The molecule has 0 radical (unpaired) electrons. The molecule has 8 nitrogen and oxygen atoms in total. The van der Waals surface area contributed by atoms with E-state index >= 15 is 0 Å². The molecule has 0 aliphatic carbocycles. The molecule has 0 saturated heterocycles. The third kappa shape index (κ3) is 2.41. The molecule has 24 heavy (non-hydrogen) atoms. The summed E-state index contributed by atoms with van der Waals surface area (Å²) in [6.07, 6.45) is 6.48. The minimum Gasteiger partial charge on any atom is -0.472 e. The first-order chi connectivity index (χ1) is 11.6. The quantitative estimate of drug-likeness (QED) is 0.585. The van der Waals surface area contributed by atoms with Gasteiger partial charge >= 0.3 is 0 Å². The maximum atomic E-state index is 6.39. The Bertz CT molecular complexity index is 987. The summed E-state index contributed by atoms with van der Waals surface area (Å²) >= 11 is 6.39. The van der Waals surface area contributed by atoms with Crippen LogP contribution in [0.1, 0.15) is 19.9 Å². The molecule has 122 valence electrons. The monoisotopic (exact) mass is 343 g/mol. The van der Waals surface area contributed by atoms with Crippen LogP contribution in [0.3, 0.4) is 0 Å². The van der Waals surface area contributed by atoms with E-state index in [4.69, 9.17) is 16.0 Å². The van der Waals surface area contributed by atoms with Gasteiger partial charge in [0.1, 0.15) is 17.3 Å². The van der Waals surface area contributed by atoms with Crippen molar-refractivity contribution in [1.82, 2.24) is 29.9 Å². The van der Waals surface area contributed by atoms with Gasteiger partial charge in [0, 0.05) is 6.04 Å². The fraction of sp³-hybridized carbons (Fsp3) is 0.200. The van der Waals surface area contributed by atoms with Gasteiger partial charge < -0.3 is 9.73 Å². The molecule has 0 unspecified atom stereocenters. The van der Waals surface area contributed by atoms with Crippen molar-refractivity contribution in [3.05, 3.63) is 36.1 Å². The van der Waals surface area contributed by atoms with Crippen molar-refractivity contribution in [3.8, 4) is 11.4 Å². The van der Waals surface area contributed by atoms with E-state index in [0.29, 0.717) is 33.5 Å². The number of anilines is 2. The predicted molar refractivity (Wildman–Crippen MR) is 90.3 cm³/mol. The fourth-order valence-electron chi connectivity index (χ4n) is 2.37. The van der Waals surface area contributed by atoms with Crippen LogP contribution in [0.5, 0.6) is 0 Å². The zero-order valence-corrected chi connectivity index (χ0v) is 13.7. The van der Waals surface area contributed by atoms with Gasteiger partial charge in [-0.1, -0.05) is 11.6 Å². The topological polar surface area (TPSA) is 97.5 Å². The molecule has 0 saturated carbocycles. The Balaban J connectivity index is 1.80. The fourth-order valence-corrected chi connectivity index (χ4v) is 2.70. The smallest absolute Gasteiger partial charge is 0.165 e. The molecule has 0 amide bonds. The van der Waals surface area contributed by atoms with Gasteiger partial charge in [-0.2, -0.15) is 10.2 Å². The average Bonchev–Trinajstić information content (AvgIpc) is 3.28. The number of furan rings is 1. The molecule has 0 aliphatic heterocycles. The van der Waals surface area contributed by atoms with E-state index < -0.39 is 0 Å². The van der Waals surface area contributed by atoms with E-state index in [1.165, 1.54) is 0 Å². The van der Waals surface area contributed by atoms with Crippen molar-refractivity contribution in [2.24, 2.45) is 0 Å². The molecule has 4 rings (SSSR count). The first-order valence-corrected chi connectivity index (χ1v) is 7.75. The zero-order valence-electron chi connectivity index (χ0n) is 13.0. The molecule has 0 fully saturated rings. The second kappa shape index (κ2) is 5.64.